The predicted octanol–water partition coefficient (Wildman–Crippen LogP) is 6.36. The molecule has 0 aliphatic carbocycles. The number of nitrogens with zero attached hydrogens (tertiary/aromatic N) is 3. The Morgan fingerprint density at radius 1 is 0.677 bits per heavy atom. The van der Waals surface area contributed by atoms with Gasteiger partial charge in [-0.25, -0.2) is 27.2 Å². The van der Waals surface area contributed by atoms with Gasteiger partial charge >= 0.3 is 12.2 Å². The third-order valence-corrected chi connectivity index (χ3v) is 11.7. The minimum Gasteiger partial charge on any atom is -0.465 e. The van der Waals surface area contributed by atoms with Gasteiger partial charge in [0.2, 0.25) is 29.9 Å². The number of nitrogens with one attached hydrogen (secondary N) is 4. The lowest BCUT2D eigenvalue weighted by Gasteiger charge is -2.31. The van der Waals surface area contributed by atoms with Crippen LogP contribution in [0.25, 0.3) is 22.2 Å². The fraction of sp³-hybridized carbons (Fsp3) is 0.422. The zero-order valence-electron chi connectivity index (χ0n) is 36.3. The molecule has 4 aromatic rings. The minimum absolute atomic E-state index is 0.191. The first kappa shape index (κ1) is 46.1. The molecule has 346 valence electrons. The third-order valence-electron chi connectivity index (χ3n) is 11.7. The number of anilines is 2. The lowest BCUT2D eigenvalue weighted by atomic mass is 10.0. The van der Waals surface area contributed by atoms with E-state index in [0.29, 0.717) is 27.9 Å². The van der Waals surface area contributed by atoms with Gasteiger partial charge in [0, 0.05) is 46.8 Å². The molecule has 2 fully saturated rings. The fourth-order valence-corrected chi connectivity index (χ4v) is 8.46. The molecule has 4 N–H and O–H groups in total. The lowest BCUT2D eigenvalue weighted by molar-refractivity contribution is -0.140. The Morgan fingerprint density at radius 2 is 1.17 bits per heavy atom. The summed E-state index contributed by atoms with van der Waals surface area (Å²) in [4.78, 5) is 80.1. The summed E-state index contributed by atoms with van der Waals surface area (Å²) in [6.07, 6.45) is -4.49. The van der Waals surface area contributed by atoms with Crippen molar-refractivity contribution in [1.82, 2.24) is 25.0 Å². The molecule has 1 aromatic heterocycles. The molecule has 16 nitrogen and oxygen atoms in total. The summed E-state index contributed by atoms with van der Waals surface area (Å²) < 4.78 is 77.3. The molecule has 0 bridgehead atoms. The molecular weight excluding hydrogens is 859 g/mol. The van der Waals surface area contributed by atoms with Crippen molar-refractivity contribution in [3.63, 3.8) is 0 Å². The number of amides is 6. The number of aromatic nitrogens is 1. The van der Waals surface area contributed by atoms with Gasteiger partial charge in [-0.2, -0.15) is 0 Å². The van der Waals surface area contributed by atoms with Gasteiger partial charge in [-0.15, -0.1) is 0 Å². The monoisotopic (exact) mass is 907 g/mol. The van der Waals surface area contributed by atoms with E-state index in [-0.39, 0.29) is 11.4 Å². The number of fused-ring (bicyclic) bond motifs is 5. The number of hydrogen-bond donors (Lipinski definition) is 4. The van der Waals surface area contributed by atoms with Crippen molar-refractivity contribution in [1.29, 1.82) is 0 Å². The Hall–Kier alpha value is -6.86. The molecule has 65 heavy (non-hydrogen) atoms. The number of likely N-dealkylation sites (tertiary alicyclic amines) is 2. The number of alkyl carbamates (subject to hydrolysis) is 2. The van der Waals surface area contributed by atoms with Crippen molar-refractivity contribution < 1.29 is 60.5 Å². The minimum atomic E-state index is -3.38. The second-order valence-electron chi connectivity index (χ2n) is 17.0. The first-order valence-corrected chi connectivity index (χ1v) is 20.9. The topological polar surface area (TPSA) is 190 Å². The van der Waals surface area contributed by atoms with Crippen molar-refractivity contribution in [2.75, 3.05) is 37.9 Å². The fourth-order valence-electron chi connectivity index (χ4n) is 8.46. The second kappa shape index (κ2) is 18.0. The normalized spacial score (nSPS) is 20.3. The molecule has 0 radical (unpaired) electrons. The van der Waals surface area contributed by atoms with Gasteiger partial charge in [0.05, 0.1) is 38.5 Å². The lowest BCUT2D eigenvalue weighted by Crippen LogP contribution is -2.54. The maximum atomic E-state index is 14.9. The molecule has 20 heteroatoms. The number of alkyl halides is 4. The molecule has 4 heterocycles. The van der Waals surface area contributed by atoms with Crippen LogP contribution in [-0.4, -0.2) is 114 Å². The zero-order chi connectivity index (χ0) is 47.1. The highest BCUT2D eigenvalue weighted by Crippen LogP contribution is 2.46. The average Bonchev–Trinajstić information content (AvgIpc) is 3.93. The number of benzene rings is 3. The Bertz CT molecular complexity index is 2520. The van der Waals surface area contributed by atoms with E-state index in [4.69, 9.17) is 4.74 Å². The van der Waals surface area contributed by atoms with E-state index in [0.717, 1.165) is 29.6 Å². The van der Waals surface area contributed by atoms with Gasteiger partial charge in [-0.1, -0.05) is 58.0 Å². The van der Waals surface area contributed by atoms with Crippen LogP contribution >= 0.6 is 0 Å². The van der Waals surface area contributed by atoms with Crippen LogP contribution in [0.2, 0.25) is 0 Å². The summed E-state index contributed by atoms with van der Waals surface area (Å²) in [7, 11) is 2.21. The maximum Gasteiger partial charge on any atom is 0.407 e. The van der Waals surface area contributed by atoms with Gasteiger partial charge in [-0.3, -0.25) is 19.2 Å². The number of ether oxygens (including phenoxy) is 3. The smallest absolute Gasteiger partial charge is 0.407 e. The van der Waals surface area contributed by atoms with E-state index in [2.05, 4.69) is 30.7 Å². The summed E-state index contributed by atoms with van der Waals surface area (Å²) in [6.45, 7) is 4.44. The predicted molar refractivity (Wildman–Crippen MR) is 228 cm³/mol. The van der Waals surface area contributed by atoms with Gasteiger partial charge in [0.25, 0.3) is 11.8 Å². The van der Waals surface area contributed by atoms with Crippen LogP contribution in [0.1, 0.15) is 52.3 Å². The molecule has 7 rings (SSSR count). The van der Waals surface area contributed by atoms with E-state index >= 15 is 0 Å². The summed E-state index contributed by atoms with van der Waals surface area (Å²) in [5.41, 5.74) is 3.09. The summed E-state index contributed by atoms with van der Waals surface area (Å²) in [6, 6.07) is 15.2. The van der Waals surface area contributed by atoms with Crippen LogP contribution in [0.4, 0.5) is 38.5 Å². The summed E-state index contributed by atoms with van der Waals surface area (Å²) >= 11 is 0. The molecular formula is C45H49F4N7O9. The van der Waals surface area contributed by atoms with Crippen LogP contribution in [-0.2, 0) is 28.7 Å². The highest BCUT2D eigenvalue weighted by molar-refractivity contribution is 6.02. The van der Waals surface area contributed by atoms with E-state index in [1.807, 2.05) is 41.0 Å². The first-order chi connectivity index (χ1) is 30.7. The van der Waals surface area contributed by atoms with Crippen LogP contribution in [0.15, 0.2) is 72.8 Å². The third kappa shape index (κ3) is 9.51. The highest BCUT2D eigenvalue weighted by atomic mass is 19.3. The number of carbonyl (C=O) groups is 6. The Morgan fingerprint density at radius 3 is 1.66 bits per heavy atom. The van der Waals surface area contributed by atoms with E-state index < -0.39 is 116 Å². The average molecular weight is 908 g/mol. The Kier molecular flexibility index (Phi) is 12.7. The van der Waals surface area contributed by atoms with Crippen LogP contribution in [0.3, 0.4) is 0 Å². The van der Waals surface area contributed by atoms with Gasteiger partial charge in [-0.05, 0) is 48.2 Å². The molecule has 6 amide bonds. The number of rotatable bonds is 11. The van der Waals surface area contributed by atoms with Crippen LogP contribution < -0.4 is 26.0 Å². The number of methoxy groups -OCH3 is 2. The van der Waals surface area contributed by atoms with Crippen molar-refractivity contribution >= 4 is 58.1 Å². The molecule has 5 atom stereocenters. The van der Waals surface area contributed by atoms with Gasteiger partial charge in [0.1, 0.15) is 29.9 Å². The SMILES string of the molecule is COC(=O)NC(C(=O)N1CC(F)(F)C[C@H]1C(=O)Nc1ccc2c(c1)cc1n2C(c2ccccc2)Oc2cc(NC(=O)[C@@H]3CC(F)(F)CN3C(=O)[C@@H](NC(=O)OC)C(C)C)ccc2-1)C(C)C. The Balaban J connectivity index is 1.16. The van der Waals surface area contributed by atoms with Crippen molar-refractivity contribution in [2.45, 2.75) is 82.8 Å². The standard InChI is InChI=1S/C45H49F4N7O9/c1-23(2)35(52-42(61)63-5)39(59)54-21-44(46,47)19-32(54)37(57)50-27-13-15-30-26(16-27)17-31-29-14-12-28(18-34(29)65-41(56(30)31)25-10-8-7-9-11-25)51-38(58)33-20-45(48,49)22-55(33)40(60)36(24(3)4)53-43(62)64-6/h7-18,23-24,32-33,35-36,41H,19-22H2,1-6H3,(H,50,57)(H,51,58)(H,52,61)(H,53,62)/t32-,33-,35?,36-,41?/m0/s1. The van der Waals surface area contributed by atoms with Crippen molar-refractivity contribution in [2.24, 2.45) is 11.8 Å². The number of hydrogen-bond acceptors (Lipinski definition) is 9. The quantitative estimate of drug-likeness (QED) is 0.124. The number of halogens is 4. The zero-order valence-corrected chi connectivity index (χ0v) is 36.3. The molecule has 3 aromatic carbocycles. The maximum absolute atomic E-state index is 14.9. The van der Waals surface area contributed by atoms with Crippen LogP contribution in [0.5, 0.6) is 5.75 Å². The second-order valence-corrected chi connectivity index (χ2v) is 17.0. The van der Waals surface area contributed by atoms with Crippen molar-refractivity contribution in [3.05, 3.63) is 78.4 Å². The number of carbonyl (C=O) groups excluding carboxylic acids is 6. The molecule has 3 aliphatic heterocycles. The Labute approximate surface area is 370 Å². The van der Waals surface area contributed by atoms with E-state index in [1.54, 1.807) is 64.1 Å². The largest absolute Gasteiger partial charge is 0.465 e. The van der Waals surface area contributed by atoms with E-state index in [9.17, 15) is 46.3 Å². The van der Waals surface area contributed by atoms with Crippen LogP contribution in [0, 0.1) is 11.8 Å². The molecule has 2 unspecified atom stereocenters. The summed E-state index contributed by atoms with van der Waals surface area (Å²) in [5, 5.41) is 10.7. The van der Waals surface area contributed by atoms with E-state index in [1.165, 1.54) is 0 Å². The first-order valence-electron chi connectivity index (χ1n) is 20.9. The molecule has 3 aliphatic rings. The highest BCUT2D eigenvalue weighted by Gasteiger charge is 2.53. The van der Waals surface area contributed by atoms with Crippen molar-refractivity contribution in [3.8, 4) is 17.0 Å². The molecule has 0 saturated carbocycles. The molecule has 0 spiro atoms. The van der Waals surface area contributed by atoms with Gasteiger partial charge in [0.15, 0.2) is 0 Å². The van der Waals surface area contributed by atoms with Gasteiger partial charge < -0.3 is 49.8 Å². The summed E-state index contributed by atoms with van der Waals surface area (Å²) in [5.74, 6) is -10.9. The molecule has 2 saturated heterocycles.